The second-order valence-corrected chi connectivity index (χ2v) is 11.2. The highest BCUT2D eigenvalue weighted by molar-refractivity contribution is 6.01. The van der Waals surface area contributed by atoms with Crippen molar-refractivity contribution in [2.75, 3.05) is 17.3 Å². The average molecular weight is 584 g/mol. The normalized spacial score (nSPS) is 18.6. The highest BCUT2D eigenvalue weighted by Crippen LogP contribution is 2.28. The Hall–Kier alpha value is -4.29. The zero-order valence-corrected chi connectivity index (χ0v) is 24.8. The molecular weight excluding hydrogens is 545 g/mol. The molecule has 5 rings (SSSR count). The number of pyridine rings is 1. The van der Waals surface area contributed by atoms with Crippen LogP contribution in [0.2, 0.25) is 0 Å². The molecule has 2 amide bonds. The van der Waals surface area contributed by atoms with Crippen molar-refractivity contribution in [1.82, 2.24) is 24.5 Å². The number of anilines is 3. The minimum Gasteiger partial charge on any atom is -0.443 e. The predicted octanol–water partition coefficient (Wildman–Crippen LogP) is 4.56. The van der Waals surface area contributed by atoms with Crippen molar-refractivity contribution in [3.05, 3.63) is 46.5 Å². The number of nitrogens with zero attached hydrogens (tertiary/aromatic N) is 5. The van der Waals surface area contributed by atoms with Crippen molar-refractivity contribution >= 4 is 40.8 Å². The molecule has 0 spiro atoms. The number of rotatable bonds is 6. The van der Waals surface area contributed by atoms with E-state index in [0.29, 0.717) is 25.7 Å². The first kappa shape index (κ1) is 30.7. The number of hydrogen-bond acceptors (Lipinski definition) is 8. The Kier molecular flexibility index (Phi) is 8.97. The number of carbonyl (C=O) groups is 3. The fraction of sp³-hybridized carbons (Fsp3) is 0.517. The molecule has 2 N–H and O–H groups in total. The predicted molar refractivity (Wildman–Crippen MR) is 156 cm³/mol. The van der Waals surface area contributed by atoms with Crippen LogP contribution < -0.4 is 21.1 Å². The van der Waals surface area contributed by atoms with Crippen LogP contribution >= 0.6 is 0 Å². The zero-order chi connectivity index (χ0) is 30.8. The highest BCUT2D eigenvalue weighted by Gasteiger charge is 2.39. The summed E-state index contributed by atoms with van der Waals surface area (Å²) in [5.41, 5.74) is -0.643. The standard InChI is InChI=1S/C27H32FN7O5.C2H6/c1-27(2,3)40-26(39)33(4)22-13-21(32-23-17(14-29-35(22)23)24(37)31-20-12-18(20)28)30-19-6-5-11-34(25(19)38)15-7-9-16(36)10-8-15;1-2/h5-6,11,13-15,18,20H,7-10,12H2,1-4H3,(H,30,32)(H,31,37);1-2H3. The summed E-state index contributed by atoms with van der Waals surface area (Å²) < 4.78 is 21.9. The molecule has 0 radical (unpaired) electrons. The maximum atomic E-state index is 13.4. The van der Waals surface area contributed by atoms with Gasteiger partial charge in [0.25, 0.3) is 11.5 Å². The van der Waals surface area contributed by atoms with Gasteiger partial charge in [0.05, 0.1) is 12.2 Å². The lowest BCUT2D eigenvalue weighted by Crippen LogP contribution is -2.35. The van der Waals surface area contributed by atoms with E-state index in [0.717, 1.165) is 0 Å². The van der Waals surface area contributed by atoms with Crippen LogP contribution in [0, 0.1) is 0 Å². The Balaban J connectivity index is 0.00000198. The average Bonchev–Trinajstić information content (AvgIpc) is 3.46. The summed E-state index contributed by atoms with van der Waals surface area (Å²) in [4.78, 5) is 56.6. The van der Waals surface area contributed by atoms with E-state index >= 15 is 0 Å². The number of Topliss-reactive ketones (excluding diaryl/α,β-unsaturated/α-hetero) is 1. The third-order valence-electron chi connectivity index (χ3n) is 6.88. The van der Waals surface area contributed by atoms with Crippen LogP contribution in [0.25, 0.3) is 5.65 Å². The number of fused-ring (bicyclic) bond motifs is 1. The summed E-state index contributed by atoms with van der Waals surface area (Å²) in [6.07, 6.45) is 3.52. The van der Waals surface area contributed by atoms with E-state index in [-0.39, 0.29) is 52.3 Å². The van der Waals surface area contributed by atoms with Gasteiger partial charge in [0, 0.05) is 44.6 Å². The molecule has 0 bridgehead atoms. The van der Waals surface area contributed by atoms with Crippen LogP contribution in [0.1, 0.15) is 83.1 Å². The van der Waals surface area contributed by atoms with Crippen LogP contribution in [-0.4, -0.2) is 61.8 Å². The van der Waals surface area contributed by atoms with Crippen LogP contribution in [0.15, 0.2) is 35.4 Å². The molecule has 2 fully saturated rings. The number of aromatic nitrogens is 4. The quantitative estimate of drug-likeness (QED) is 0.431. The van der Waals surface area contributed by atoms with Gasteiger partial charge >= 0.3 is 6.09 Å². The molecule has 226 valence electrons. The van der Waals surface area contributed by atoms with Gasteiger partial charge in [0.15, 0.2) is 5.65 Å². The summed E-state index contributed by atoms with van der Waals surface area (Å²) in [6, 6.07) is 4.19. The van der Waals surface area contributed by atoms with Gasteiger partial charge in [-0.15, -0.1) is 0 Å². The van der Waals surface area contributed by atoms with Gasteiger partial charge in [-0.1, -0.05) is 13.8 Å². The van der Waals surface area contributed by atoms with Gasteiger partial charge in [-0.25, -0.2) is 14.2 Å². The Morgan fingerprint density at radius 3 is 2.45 bits per heavy atom. The minimum atomic E-state index is -1.09. The van der Waals surface area contributed by atoms with Crippen LogP contribution in [0.3, 0.4) is 0 Å². The highest BCUT2D eigenvalue weighted by atomic mass is 19.1. The molecule has 2 saturated carbocycles. The van der Waals surface area contributed by atoms with E-state index in [4.69, 9.17) is 4.74 Å². The molecule has 3 aromatic rings. The number of ether oxygens (including phenoxy) is 1. The summed E-state index contributed by atoms with van der Waals surface area (Å²) in [5, 5.41) is 9.91. The molecule has 12 nitrogen and oxygen atoms in total. The SMILES string of the molecule is CC.CN(C(=O)OC(C)(C)C)c1cc(Nc2cccn(C3CCC(=O)CC3)c2=O)nc2c(C(=O)NC3CC3F)cnn12. The molecule has 2 atom stereocenters. The molecule has 0 aliphatic heterocycles. The lowest BCUT2D eigenvalue weighted by molar-refractivity contribution is -0.120. The van der Waals surface area contributed by atoms with E-state index in [1.54, 1.807) is 43.7 Å². The third-order valence-corrected chi connectivity index (χ3v) is 6.88. The van der Waals surface area contributed by atoms with Gasteiger partial charge in [-0.3, -0.25) is 19.3 Å². The largest absolute Gasteiger partial charge is 0.443 e. The molecular formula is C29H38FN7O5. The van der Waals surface area contributed by atoms with Crippen molar-refractivity contribution in [3.8, 4) is 0 Å². The Labute approximate surface area is 243 Å². The fourth-order valence-corrected chi connectivity index (χ4v) is 4.63. The van der Waals surface area contributed by atoms with Gasteiger partial charge in [0.1, 0.15) is 40.4 Å². The van der Waals surface area contributed by atoms with Crippen molar-refractivity contribution in [2.45, 2.75) is 90.6 Å². The van der Waals surface area contributed by atoms with E-state index in [9.17, 15) is 23.6 Å². The number of nitrogens with one attached hydrogen (secondary N) is 2. The number of carbonyl (C=O) groups excluding carboxylic acids is 3. The number of hydrogen-bond donors (Lipinski definition) is 2. The summed E-state index contributed by atoms with van der Waals surface area (Å²) in [5.74, 6) is 0.0419. The Morgan fingerprint density at radius 1 is 1.17 bits per heavy atom. The van der Waals surface area contributed by atoms with Crippen molar-refractivity contribution in [3.63, 3.8) is 0 Å². The number of halogens is 1. The Bertz CT molecular complexity index is 1530. The number of amides is 2. The molecule has 3 aromatic heterocycles. The topological polar surface area (TPSA) is 140 Å². The number of alkyl halides is 1. The number of ketones is 1. The maximum absolute atomic E-state index is 13.4. The van der Waals surface area contributed by atoms with Gasteiger partial charge in [-0.05, 0) is 45.7 Å². The molecule has 42 heavy (non-hydrogen) atoms. The summed E-state index contributed by atoms with van der Waals surface area (Å²) >= 11 is 0. The molecule has 0 aromatic carbocycles. The van der Waals surface area contributed by atoms with Gasteiger partial charge < -0.3 is 19.9 Å². The first-order chi connectivity index (χ1) is 19.9. The van der Waals surface area contributed by atoms with E-state index < -0.39 is 29.8 Å². The molecule has 13 heteroatoms. The fourth-order valence-electron chi connectivity index (χ4n) is 4.63. The molecule has 3 heterocycles. The first-order valence-corrected chi connectivity index (χ1v) is 14.2. The van der Waals surface area contributed by atoms with Crippen LogP contribution in [-0.2, 0) is 9.53 Å². The summed E-state index contributed by atoms with van der Waals surface area (Å²) in [6.45, 7) is 9.22. The van der Waals surface area contributed by atoms with Gasteiger partial charge in [0.2, 0.25) is 0 Å². The van der Waals surface area contributed by atoms with Gasteiger partial charge in [-0.2, -0.15) is 9.61 Å². The second-order valence-electron chi connectivity index (χ2n) is 11.2. The molecule has 2 aliphatic rings. The monoisotopic (exact) mass is 583 g/mol. The lowest BCUT2D eigenvalue weighted by Gasteiger charge is -2.25. The van der Waals surface area contributed by atoms with Crippen LogP contribution in [0.4, 0.5) is 26.5 Å². The third kappa shape index (κ3) is 6.77. The maximum Gasteiger partial charge on any atom is 0.415 e. The van der Waals surface area contributed by atoms with E-state index in [1.165, 1.54) is 28.7 Å². The Morgan fingerprint density at radius 2 is 1.83 bits per heavy atom. The molecule has 0 saturated heterocycles. The van der Waals surface area contributed by atoms with E-state index in [1.807, 2.05) is 13.8 Å². The molecule has 2 aliphatic carbocycles. The second kappa shape index (κ2) is 12.3. The van der Waals surface area contributed by atoms with E-state index in [2.05, 4.69) is 20.7 Å². The summed E-state index contributed by atoms with van der Waals surface area (Å²) in [7, 11) is 1.49. The first-order valence-electron chi connectivity index (χ1n) is 14.2. The lowest BCUT2D eigenvalue weighted by atomic mass is 9.94. The zero-order valence-electron chi connectivity index (χ0n) is 24.8. The van der Waals surface area contributed by atoms with Crippen LogP contribution in [0.5, 0.6) is 0 Å². The minimum absolute atomic E-state index is 0.0823. The molecule has 2 unspecified atom stereocenters. The van der Waals surface area contributed by atoms with Crippen molar-refractivity contribution < 1.29 is 23.5 Å². The smallest absolute Gasteiger partial charge is 0.415 e. The van der Waals surface area contributed by atoms with Crippen molar-refractivity contribution in [2.24, 2.45) is 0 Å². The van der Waals surface area contributed by atoms with Crippen molar-refractivity contribution in [1.29, 1.82) is 0 Å².